The van der Waals surface area contributed by atoms with Gasteiger partial charge in [0.25, 0.3) is 5.91 Å². The summed E-state index contributed by atoms with van der Waals surface area (Å²) in [5.74, 6) is -0.384. The fourth-order valence-corrected chi connectivity index (χ4v) is 2.15. The lowest BCUT2D eigenvalue weighted by Crippen LogP contribution is -2.20. The lowest BCUT2D eigenvalue weighted by atomic mass is 10.2. The lowest BCUT2D eigenvalue weighted by molar-refractivity contribution is -0.119. The van der Waals surface area contributed by atoms with E-state index < -0.39 is 0 Å². The number of H-pyrrole nitrogens is 1. The number of benzene rings is 1. The van der Waals surface area contributed by atoms with E-state index in [9.17, 15) is 9.59 Å². The zero-order valence-corrected chi connectivity index (χ0v) is 12.5. The van der Waals surface area contributed by atoms with Crippen LogP contribution in [0.1, 0.15) is 23.0 Å². The van der Waals surface area contributed by atoms with Crippen molar-refractivity contribution in [2.24, 2.45) is 0 Å². The zero-order chi connectivity index (χ0) is 16.2. The molecule has 1 aromatic carbocycles. The Morgan fingerprint density at radius 3 is 2.87 bits per heavy atom. The zero-order valence-electron chi connectivity index (χ0n) is 12.5. The van der Waals surface area contributed by atoms with E-state index in [4.69, 9.17) is 0 Å². The Kier molecular flexibility index (Phi) is 4.01. The maximum absolute atomic E-state index is 12.3. The first-order valence-corrected chi connectivity index (χ1v) is 7.06. The van der Waals surface area contributed by atoms with Gasteiger partial charge in [-0.1, -0.05) is 0 Å². The molecule has 0 aliphatic carbocycles. The van der Waals surface area contributed by atoms with E-state index in [1.165, 1.54) is 6.92 Å². The molecule has 3 aromatic rings. The maximum atomic E-state index is 12.3. The molecule has 3 N–H and O–H groups in total. The average molecular weight is 309 g/mol. The molecular formula is C16H15N5O2. The van der Waals surface area contributed by atoms with Crippen LogP contribution in [0.4, 0.5) is 5.69 Å². The number of anilines is 1. The van der Waals surface area contributed by atoms with Crippen molar-refractivity contribution in [2.75, 3.05) is 5.32 Å². The minimum atomic E-state index is -0.240. The summed E-state index contributed by atoms with van der Waals surface area (Å²) >= 11 is 0. The van der Waals surface area contributed by atoms with Crippen LogP contribution in [0.15, 0.2) is 42.9 Å². The first-order chi connectivity index (χ1) is 11.1. The van der Waals surface area contributed by atoms with Crippen molar-refractivity contribution in [1.82, 2.24) is 20.3 Å². The monoisotopic (exact) mass is 309 g/mol. The van der Waals surface area contributed by atoms with Gasteiger partial charge in [0, 0.05) is 24.4 Å². The summed E-state index contributed by atoms with van der Waals surface area (Å²) in [5.41, 5.74) is 3.46. The fraction of sp³-hybridized carbons (Fsp3) is 0.125. The van der Waals surface area contributed by atoms with Gasteiger partial charge in [-0.15, -0.1) is 0 Å². The van der Waals surface area contributed by atoms with E-state index in [0.29, 0.717) is 16.9 Å². The summed E-state index contributed by atoms with van der Waals surface area (Å²) in [4.78, 5) is 34.5. The van der Waals surface area contributed by atoms with Crippen molar-refractivity contribution < 1.29 is 9.59 Å². The van der Waals surface area contributed by atoms with Gasteiger partial charge in [-0.25, -0.2) is 4.98 Å². The van der Waals surface area contributed by atoms with Crippen molar-refractivity contribution in [3.05, 3.63) is 54.1 Å². The van der Waals surface area contributed by atoms with Gasteiger partial charge in [-0.3, -0.25) is 14.6 Å². The predicted molar refractivity (Wildman–Crippen MR) is 85.8 cm³/mol. The number of carbonyl (C=O) groups is 2. The molecule has 0 unspecified atom stereocenters. The van der Waals surface area contributed by atoms with Crippen LogP contribution >= 0.6 is 0 Å². The number of amides is 2. The van der Waals surface area contributed by atoms with E-state index in [1.54, 1.807) is 30.7 Å². The van der Waals surface area contributed by atoms with Crippen LogP contribution in [-0.4, -0.2) is 26.8 Å². The molecule has 0 aliphatic rings. The van der Waals surface area contributed by atoms with Gasteiger partial charge in [0.15, 0.2) is 0 Å². The van der Waals surface area contributed by atoms with Crippen molar-refractivity contribution >= 4 is 28.5 Å². The Balaban J connectivity index is 1.74. The SMILES string of the molecule is CC(=O)NCc1cc(C(=O)Nc2ccc3nc[nH]c3c2)ccn1. The topological polar surface area (TPSA) is 99.8 Å². The van der Waals surface area contributed by atoms with Crippen molar-refractivity contribution in [3.63, 3.8) is 0 Å². The maximum Gasteiger partial charge on any atom is 0.255 e. The number of hydrogen-bond acceptors (Lipinski definition) is 4. The molecule has 2 heterocycles. The van der Waals surface area contributed by atoms with E-state index in [1.807, 2.05) is 12.1 Å². The Hall–Kier alpha value is -3.22. The minimum Gasteiger partial charge on any atom is -0.351 e. The molecule has 7 nitrogen and oxygen atoms in total. The van der Waals surface area contributed by atoms with Crippen LogP contribution in [0.5, 0.6) is 0 Å². The Labute approximate surface area is 132 Å². The molecule has 23 heavy (non-hydrogen) atoms. The van der Waals surface area contributed by atoms with E-state index in [0.717, 1.165) is 11.0 Å². The molecule has 0 atom stereocenters. The summed E-state index contributed by atoms with van der Waals surface area (Å²) in [7, 11) is 0. The van der Waals surface area contributed by atoms with E-state index >= 15 is 0 Å². The number of aromatic amines is 1. The molecule has 7 heteroatoms. The van der Waals surface area contributed by atoms with Gasteiger partial charge in [-0.2, -0.15) is 0 Å². The first-order valence-electron chi connectivity index (χ1n) is 7.06. The van der Waals surface area contributed by atoms with Gasteiger partial charge in [0.05, 0.1) is 29.6 Å². The third-order valence-corrected chi connectivity index (χ3v) is 3.28. The van der Waals surface area contributed by atoms with Gasteiger partial charge < -0.3 is 15.6 Å². The van der Waals surface area contributed by atoms with Crippen LogP contribution in [0.2, 0.25) is 0 Å². The van der Waals surface area contributed by atoms with Gasteiger partial charge in [0.1, 0.15) is 0 Å². The molecule has 0 radical (unpaired) electrons. The second-order valence-corrected chi connectivity index (χ2v) is 5.03. The number of aromatic nitrogens is 3. The standard InChI is InChI=1S/C16H15N5O2/c1-10(22)18-8-13-6-11(4-5-17-13)16(23)21-12-2-3-14-15(7-12)20-9-19-14/h2-7,9H,8H2,1H3,(H,18,22)(H,19,20)(H,21,23). The summed E-state index contributed by atoms with van der Waals surface area (Å²) in [6.07, 6.45) is 3.15. The number of rotatable bonds is 4. The summed E-state index contributed by atoms with van der Waals surface area (Å²) in [6, 6.07) is 8.72. The molecule has 116 valence electrons. The molecule has 0 spiro atoms. The highest BCUT2D eigenvalue weighted by Crippen LogP contribution is 2.16. The predicted octanol–water partition coefficient (Wildman–Crippen LogP) is 1.85. The largest absolute Gasteiger partial charge is 0.351 e. The molecule has 0 bridgehead atoms. The fourth-order valence-electron chi connectivity index (χ4n) is 2.15. The third kappa shape index (κ3) is 3.52. The van der Waals surface area contributed by atoms with E-state index in [-0.39, 0.29) is 18.4 Å². The summed E-state index contributed by atoms with van der Waals surface area (Å²) in [5, 5.41) is 5.48. The molecule has 0 saturated heterocycles. The summed E-state index contributed by atoms with van der Waals surface area (Å²) < 4.78 is 0. The number of pyridine rings is 1. The number of carbonyl (C=O) groups excluding carboxylic acids is 2. The highest BCUT2D eigenvalue weighted by Gasteiger charge is 2.08. The van der Waals surface area contributed by atoms with Crippen molar-refractivity contribution in [1.29, 1.82) is 0 Å². The second-order valence-electron chi connectivity index (χ2n) is 5.03. The summed E-state index contributed by atoms with van der Waals surface area (Å²) in [6.45, 7) is 1.72. The van der Waals surface area contributed by atoms with Gasteiger partial charge in [-0.05, 0) is 30.3 Å². The van der Waals surface area contributed by atoms with Crippen LogP contribution in [0.25, 0.3) is 11.0 Å². The normalized spacial score (nSPS) is 10.5. The number of imidazole rings is 1. The molecule has 0 saturated carbocycles. The van der Waals surface area contributed by atoms with Crippen LogP contribution in [-0.2, 0) is 11.3 Å². The average Bonchev–Trinajstić information content (AvgIpc) is 3.01. The molecule has 2 aromatic heterocycles. The Morgan fingerprint density at radius 1 is 1.17 bits per heavy atom. The lowest BCUT2D eigenvalue weighted by Gasteiger charge is -2.07. The molecule has 3 rings (SSSR count). The molecule has 2 amide bonds. The van der Waals surface area contributed by atoms with Crippen LogP contribution in [0.3, 0.4) is 0 Å². The second kappa shape index (κ2) is 6.27. The number of fused-ring (bicyclic) bond motifs is 1. The van der Waals surface area contributed by atoms with E-state index in [2.05, 4.69) is 25.6 Å². The van der Waals surface area contributed by atoms with Crippen molar-refractivity contribution in [3.8, 4) is 0 Å². The smallest absolute Gasteiger partial charge is 0.255 e. The quantitative estimate of drug-likeness (QED) is 0.684. The Morgan fingerprint density at radius 2 is 2.04 bits per heavy atom. The Bertz CT molecular complexity index is 872. The van der Waals surface area contributed by atoms with Crippen LogP contribution in [0, 0.1) is 0 Å². The highest BCUT2D eigenvalue weighted by molar-refractivity contribution is 6.04. The molecule has 0 fully saturated rings. The molecular weight excluding hydrogens is 294 g/mol. The number of hydrogen-bond donors (Lipinski definition) is 3. The van der Waals surface area contributed by atoms with Crippen molar-refractivity contribution in [2.45, 2.75) is 13.5 Å². The first kappa shape index (κ1) is 14.7. The number of nitrogens with zero attached hydrogens (tertiary/aromatic N) is 2. The highest BCUT2D eigenvalue weighted by atomic mass is 16.2. The van der Waals surface area contributed by atoms with Gasteiger partial charge in [0.2, 0.25) is 5.91 Å². The van der Waals surface area contributed by atoms with Gasteiger partial charge >= 0.3 is 0 Å². The molecule has 0 aliphatic heterocycles. The van der Waals surface area contributed by atoms with Crippen LogP contribution < -0.4 is 10.6 Å². The third-order valence-electron chi connectivity index (χ3n) is 3.28. The minimum absolute atomic E-state index is 0.144. The number of nitrogens with one attached hydrogen (secondary N) is 3.